The molecule has 3 N–H and O–H groups in total. The molecule has 3 rings (SSSR count). The van der Waals surface area contributed by atoms with E-state index in [1.165, 1.54) is 0 Å². The molecule has 6 nitrogen and oxygen atoms in total. The molecular weight excluding hydrogens is 254 g/mol. The van der Waals surface area contributed by atoms with Crippen molar-refractivity contribution in [2.45, 2.75) is 20.3 Å². The number of nitrogens with two attached hydrogens (primary N) is 1. The van der Waals surface area contributed by atoms with Gasteiger partial charge in [-0.05, 0) is 22.3 Å². The molecule has 0 fully saturated rings. The van der Waals surface area contributed by atoms with Gasteiger partial charge in [0.05, 0.1) is 11.9 Å². The summed E-state index contributed by atoms with van der Waals surface area (Å²) in [6.07, 6.45) is 12.9. The number of hydrogen-bond donors (Lipinski definition) is 2. The van der Waals surface area contributed by atoms with Gasteiger partial charge in [0.1, 0.15) is 0 Å². The average Bonchev–Trinajstić information content (AvgIpc) is 3.03. The van der Waals surface area contributed by atoms with Gasteiger partial charge >= 0.3 is 0 Å². The van der Waals surface area contributed by atoms with Gasteiger partial charge in [-0.1, -0.05) is 44.2 Å². The largest absolute Gasteiger partial charge is 0.379 e. The minimum Gasteiger partial charge on any atom is -0.379 e. The van der Waals surface area contributed by atoms with Gasteiger partial charge in [-0.2, -0.15) is 0 Å². The highest BCUT2D eigenvalue weighted by molar-refractivity contribution is 5.74. The van der Waals surface area contributed by atoms with Crippen LogP contribution in [0.2, 0.25) is 0 Å². The minimum absolute atomic E-state index is 0.225. The first kappa shape index (κ1) is 13.8. The molecule has 1 aliphatic rings. The normalized spacial score (nSPS) is 13.4. The number of nitrogens with one attached hydrogen (secondary N) is 1. The second-order valence-corrected chi connectivity index (χ2v) is 3.83. The lowest BCUT2D eigenvalue weighted by Crippen LogP contribution is -1.90. The van der Waals surface area contributed by atoms with Crippen molar-refractivity contribution >= 4 is 11.4 Å². The fourth-order valence-electron chi connectivity index (χ4n) is 1.73. The number of rotatable bonds is 2. The zero-order valence-corrected chi connectivity index (χ0v) is 11.5. The van der Waals surface area contributed by atoms with Crippen molar-refractivity contribution in [2.24, 2.45) is 0 Å². The van der Waals surface area contributed by atoms with Crippen LogP contribution in [0.3, 0.4) is 0 Å². The summed E-state index contributed by atoms with van der Waals surface area (Å²) in [5, 5.41) is 7.23. The summed E-state index contributed by atoms with van der Waals surface area (Å²) in [5.74, 6) is 0.776. The molecule has 0 aliphatic heterocycles. The molecule has 1 aliphatic carbocycles. The third-order valence-electron chi connectivity index (χ3n) is 2.62. The minimum atomic E-state index is 0.225. The molecule has 0 atom stereocenters. The highest BCUT2D eigenvalue weighted by atomic mass is 16.6. The Labute approximate surface area is 117 Å². The van der Waals surface area contributed by atoms with Crippen molar-refractivity contribution in [3.8, 4) is 11.5 Å². The zero-order valence-electron chi connectivity index (χ0n) is 11.5. The Bertz CT molecular complexity index is 648. The van der Waals surface area contributed by atoms with E-state index >= 15 is 0 Å². The lowest BCUT2D eigenvalue weighted by molar-refractivity contribution is 0.310. The number of H-pyrrole nitrogens is 1. The number of aromatic amines is 1. The first-order valence-electron chi connectivity index (χ1n) is 6.52. The summed E-state index contributed by atoms with van der Waals surface area (Å²) >= 11 is 0. The van der Waals surface area contributed by atoms with Crippen LogP contribution >= 0.6 is 0 Å². The van der Waals surface area contributed by atoms with E-state index in [2.05, 4.69) is 37.1 Å². The van der Waals surface area contributed by atoms with Crippen LogP contribution in [0.1, 0.15) is 26.0 Å². The molecule has 2 heterocycles. The van der Waals surface area contributed by atoms with Crippen LogP contribution in [0.25, 0.3) is 17.1 Å². The fraction of sp³-hybridized carbons (Fsp3) is 0.214. The third-order valence-corrected chi connectivity index (χ3v) is 2.62. The third kappa shape index (κ3) is 2.85. The molecule has 2 aromatic rings. The maximum atomic E-state index is 5.62. The van der Waals surface area contributed by atoms with E-state index in [1.54, 1.807) is 6.20 Å². The number of anilines is 1. The quantitative estimate of drug-likeness (QED) is 0.875. The van der Waals surface area contributed by atoms with Crippen LogP contribution < -0.4 is 5.73 Å². The first-order chi connectivity index (χ1) is 9.84. The maximum absolute atomic E-state index is 5.62. The average molecular weight is 271 g/mol. The summed E-state index contributed by atoms with van der Waals surface area (Å²) < 4.78 is 4.55. The summed E-state index contributed by atoms with van der Waals surface area (Å²) in [4.78, 5) is 7.39. The number of nitrogens with zero attached hydrogens (tertiary/aromatic N) is 3. The van der Waals surface area contributed by atoms with Gasteiger partial charge in [0.15, 0.2) is 17.3 Å². The summed E-state index contributed by atoms with van der Waals surface area (Å²) in [6.45, 7) is 4.00. The summed E-state index contributed by atoms with van der Waals surface area (Å²) in [6, 6.07) is 0. The molecule has 104 valence electrons. The summed E-state index contributed by atoms with van der Waals surface area (Å²) in [5.41, 5.74) is 8.03. The van der Waals surface area contributed by atoms with E-state index < -0.39 is 0 Å². The first-order valence-corrected chi connectivity index (χ1v) is 6.52. The number of imidazole rings is 1. The van der Waals surface area contributed by atoms with Crippen molar-refractivity contribution in [1.82, 2.24) is 20.3 Å². The van der Waals surface area contributed by atoms with E-state index in [-0.39, 0.29) is 5.82 Å². The van der Waals surface area contributed by atoms with Crippen molar-refractivity contribution in [2.75, 3.05) is 5.73 Å². The molecule has 0 bridgehead atoms. The lowest BCUT2D eigenvalue weighted by Gasteiger charge is -1.96. The highest BCUT2D eigenvalue weighted by Gasteiger charge is 2.13. The molecule has 0 unspecified atom stereocenters. The molecule has 0 saturated heterocycles. The van der Waals surface area contributed by atoms with Gasteiger partial charge in [-0.25, -0.2) is 9.61 Å². The Morgan fingerprint density at radius 3 is 2.85 bits per heavy atom. The van der Waals surface area contributed by atoms with E-state index in [1.807, 2.05) is 32.1 Å². The predicted octanol–water partition coefficient (Wildman–Crippen LogP) is 2.97. The second kappa shape index (κ2) is 6.51. The van der Waals surface area contributed by atoms with E-state index in [9.17, 15) is 0 Å². The Morgan fingerprint density at radius 2 is 2.10 bits per heavy atom. The molecule has 2 aromatic heterocycles. The SMILES string of the molecule is CC.Nc1nonc1-c1ncc(C2=CCC=CC=C2)[nH]1. The highest BCUT2D eigenvalue weighted by Crippen LogP contribution is 2.22. The predicted molar refractivity (Wildman–Crippen MR) is 78.5 cm³/mol. The Kier molecular flexibility index (Phi) is 4.49. The Hall–Kier alpha value is -2.63. The number of hydrogen-bond acceptors (Lipinski definition) is 5. The molecule has 0 aromatic carbocycles. The Morgan fingerprint density at radius 1 is 1.25 bits per heavy atom. The van der Waals surface area contributed by atoms with Crippen LogP contribution in [0.15, 0.2) is 41.2 Å². The van der Waals surface area contributed by atoms with Crippen LogP contribution in [-0.2, 0) is 0 Å². The molecule has 20 heavy (non-hydrogen) atoms. The lowest BCUT2D eigenvalue weighted by atomic mass is 10.1. The van der Waals surface area contributed by atoms with Gasteiger partial charge < -0.3 is 10.7 Å². The van der Waals surface area contributed by atoms with Gasteiger partial charge in [-0.15, -0.1) is 0 Å². The Balaban J connectivity index is 0.000000704. The van der Waals surface area contributed by atoms with Crippen LogP contribution in [0.4, 0.5) is 5.82 Å². The van der Waals surface area contributed by atoms with Crippen LogP contribution in [-0.4, -0.2) is 20.3 Å². The molecule has 0 radical (unpaired) electrons. The van der Waals surface area contributed by atoms with Gasteiger partial charge in [-0.3, -0.25) is 0 Å². The molecular formula is C14H17N5O. The summed E-state index contributed by atoms with van der Waals surface area (Å²) in [7, 11) is 0. The zero-order chi connectivity index (χ0) is 14.4. The monoisotopic (exact) mass is 271 g/mol. The van der Waals surface area contributed by atoms with Crippen LogP contribution in [0, 0.1) is 0 Å². The van der Waals surface area contributed by atoms with E-state index in [0.717, 1.165) is 17.7 Å². The smallest absolute Gasteiger partial charge is 0.199 e. The second-order valence-electron chi connectivity index (χ2n) is 3.83. The van der Waals surface area contributed by atoms with Gasteiger partial charge in [0.2, 0.25) is 0 Å². The van der Waals surface area contributed by atoms with E-state index in [4.69, 9.17) is 5.73 Å². The fourth-order valence-corrected chi connectivity index (χ4v) is 1.73. The molecule has 0 spiro atoms. The number of nitrogen functional groups attached to an aromatic ring is 1. The number of aromatic nitrogens is 4. The van der Waals surface area contributed by atoms with Crippen molar-refractivity contribution in [3.05, 3.63) is 42.3 Å². The number of allylic oxidation sites excluding steroid dienone is 6. The van der Waals surface area contributed by atoms with Gasteiger partial charge in [0.25, 0.3) is 0 Å². The van der Waals surface area contributed by atoms with Crippen molar-refractivity contribution < 1.29 is 4.63 Å². The molecule has 0 saturated carbocycles. The standard InChI is InChI=1S/C12H11N5O.C2H6/c13-11-10(16-18-17-11)12-14-7-9(15-12)8-5-3-1-2-4-6-8;1-2/h1-3,5-7H,4H2,(H2,13,17)(H,14,15);1-2H3. The van der Waals surface area contributed by atoms with Crippen LogP contribution in [0.5, 0.6) is 0 Å². The molecule has 6 heteroatoms. The molecule has 0 amide bonds. The van der Waals surface area contributed by atoms with E-state index in [0.29, 0.717) is 11.5 Å². The maximum Gasteiger partial charge on any atom is 0.199 e. The van der Waals surface area contributed by atoms with Gasteiger partial charge in [0, 0.05) is 0 Å². The topological polar surface area (TPSA) is 93.6 Å². The van der Waals surface area contributed by atoms with Crippen molar-refractivity contribution in [1.29, 1.82) is 0 Å². The van der Waals surface area contributed by atoms with Crippen molar-refractivity contribution in [3.63, 3.8) is 0 Å².